The minimum Gasteiger partial charge on any atom is -0.388 e. The summed E-state index contributed by atoms with van der Waals surface area (Å²) < 4.78 is 7.17. The molecule has 2 heterocycles. The highest BCUT2D eigenvalue weighted by atomic mass is 32.1. The SMILES string of the molecule is Cc1cc(Cn2c(CO)n[nH]c2=S)on1. The van der Waals surface area contributed by atoms with Gasteiger partial charge < -0.3 is 9.63 Å². The second-order valence-electron chi connectivity index (χ2n) is 3.12. The second kappa shape index (κ2) is 3.95. The van der Waals surface area contributed by atoms with E-state index in [9.17, 15) is 0 Å². The Morgan fingerprint density at radius 3 is 3.07 bits per heavy atom. The van der Waals surface area contributed by atoms with Crippen LogP contribution in [0, 0.1) is 11.7 Å². The van der Waals surface area contributed by atoms with E-state index >= 15 is 0 Å². The number of aromatic nitrogens is 4. The number of hydrogen-bond donors (Lipinski definition) is 2. The molecule has 0 unspecified atom stereocenters. The molecule has 0 aliphatic carbocycles. The van der Waals surface area contributed by atoms with Crippen LogP contribution in [0.4, 0.5) is 0 Å². The highest BCUT2D eigenvalue weighted by Gasteiger charge is 2.08. The van der Waals surface area contributed by atoms with Crippen LogP contribution in [0.3, 0.4) is 0 Å². The Bertz CT molecular complexity index is 513. The van der Waals surface area contributed by atoms with Crippen molar-refractivity contribution in [3.63, 3.8) is 0 Å². The van der Waals surface area contributed by atoms with Crippen LogP contribution in [-0.4, -0.2) is 25.0 Å². The van der Waals surface area contributed by atoms with Crippen LogP contribution >= 0.6 is 12.2 Å². The quantitative estimate of drug-likeness (QED) is 0.756. The number of aliphatic hydroxyl groups excluding tert-OH is 1. The number of aliphatic hydroxyl groups is 1. The number of aromatic amines is 1. The van der Waals surface area contributed by atoms with Gasteiger partial charge in [0.25, 0.3) is 0 Å². The second-order valence-corrected chi connectivity index (χ2v) is 3.51. The van der Waals surface area contributed by atoms with E-state index in [1.54, 1.807) is 4.57 Å². The summed E-state index contributed by atoms with van der Waals surface area (Å²) in [4.78, 5) is 0. The molecule has 2 N–H and O–H groups in total. The van der Waals surface area contributed by atoms with Gasteiger partial charge in [0.05, 0.1) is 12.2 Å². The third-order valence-corrected chi connectivity index (χ3v) is 2.28. The molecule has 0 aliphatic rings. The van der Waals surface area contributed by atoms with Gasteiger partial charge in [0, 0.05) is 6.07 Å². The van der Waals surface area contributed by atoms with E-state index in [1.807, 2.05) is 13.0 Å². The molecule has 2 aromatic rings. The Morgan fingerprint density at radius 1 is 1.67 bits per heavy atom. The largest absolute Gasteiger partial charge is 0.388 e. The summed E-state index contributed by atoms with van der Waals surface area (Å²) in [5.41, 5.74) is 0.811. The molecule has 0 aliphatic heterocycles. The van der Waals surface area contributed by atoms with Gasteiger partial charge >= 0.3 is 0 Å². The molecule has 15 heavy (non-hydrogen) atoms. The van der Waals surface area contributed by atoms with E-state index in [0.29, 0.717) is 22.9 Å². The Morgan fingerprint density at radius 2 is 2.47 bits per heavy atom. The Labute approximate surface area is 90.5 Å². The molecule has 0 amide bonds. The Kier molecular flexibility index (Phi) is 2.65. The molecule has 0 aromatic carbocycles. The predicted molar refractivity (Wildman–Crippen MR) is 53.7 cm³/mol. The van der Waals surface area contributed by atoms with Gasteiger partial charge in [-0.25, -0.2) is 0 Å². The van der Waals surface area contributed by atoms with Crippen LogP contribution in [0.1, 0.15) is 17.3 Å². The molecule has 0 spiro atoms. The monoisotopic (exact) mass is 226 g/mol. The van der Waals surface area contributed by atoms with E-state index in [4.69, 9.17) is 21.8 Å². The summed E-state index contributed by atoms with van der Waals surface area (Å²) in [6.45, 7) is 2.10. The van der Waals surface area contributed by atoms with Crippen molar-refractivity contribution in [1.82, 2.24) is 19.9 Å². The van der Waals surface area contributed by atoms with Crippen molar-refractivity contribution >= 4 is 12.2 Å². The third-order valence-electron chi connectivity index (χ3n) is 1.97. The van der Waals surface area contributed by atoms with Crippen molar-refractivity contribution < 1.29 is 9.63 Å². The van der Waals surface area contributed by atoms with Gasteiger partial charge in [0.15, 0.2) is 16.4 Å². The standard InChI is InChI=1S/C8H10N4O2S/c1-5-2-6(14-11-5)3-12-7(4-13)9-10-8(12)15/h2,13H,3-4H2,1H3,(H,10,15). The molecular weight excluding hydrogens is 216 g/mol. The van der Waals surface area contributed by atoms with Gasteiger partial charge in [-0.15, -0.1) is 0 Å². The summed E-state index contributed by atoms with van der Waals surface area (Å²) in [5, 5.41) is 19.3. The summed E-state index contributed by atoms with van der Waals surface area (Å²) in [5.74, 6) is 1.16. The lowest BCUT2D eigenvalue weighted by Gasteiger charge is -2.00. The first kappa shape index (κ1) is 10.1. The molecule has 6 nitrogen and oxygen atoms in total. The van der Waals surface area contributed by atoms with Crippen molar-refractivity contribution in [2.45, 2.75) is 20.1 Å². The zero-order valence-corrected chi connectivity index (χ0v) is 8.91. The van der Waals surface area contributed by atoms with E-state index < -0.39 is 0 Å². The van der Waals surface area contributed by atoms with Crippen LogP contribution in [0.15, 0.2) is 10.6 Å². The van der Waals surface area contributed by atoms with E-state index in [-0.39, 0.29) is 6.61 Å². The van der Waals surface area contributed by atoms with Gasteiger partial charge in [0.1, 0.15) is 6.61 Å². The van der Waals surface area contributed by atoms with Gasteiger partial charge in [-0.1, -0.05) is 5.16 Å². The molecule has 0 saturated heterocycles. The van der Waals surface area contributed by atoms with Crippen molar-refractivity contribution in [3.05, 3.63) is 28.1 Å². The van der Waals surface area contributed by atoms with Gasteiger partial charge in [0.2, 0.25) is 0 Å². The molecular formula is C8H10N4O2S. The average molecular weight is 226 g/mol. The van der Waals surface area contributed by atoms with Crippen molar-refractivity contribution in [1.29, 1.82) is 0 Å². The third kappa shape index (κ3) is 1.97. The molecule has 0 saturated carbocycles. The lowest BCUT2D eigenvalue weighted by atomic mass is 10.4. The van der Waals surface area contributed by atoms with Crippen LogP contribution < -0.4 is 0 Å². The average Bonchev–Trinajstić information content (AvgIpc) is 2.76. The fourth-order valence-electron chi connectivity index (χ4n) is 1.28. The first-order valence-corrected chi connectivity index (χ1v) is 4.78. The molecule has 0 atom stereocenters. The number of hydrogen-bond acceptors (Lipinski definition) is 5. The normalized spacial score (nSPS) is 10.8. The zero-order valence-electron chi connectivity index (χ0n) is 8.10. The van der Waals surface area contributed by atoms with Crippen molar-refractivity contribution in [3.8, 4) is 0 Å². The summed E-state index contributed by atoms with van der Waals surface area (Å²) >= 11 is 5.02. The minimum absolute atomic E-state index is 0.166. The molecule has 2 aromatic heterocycles. The number of rotatable bonds is 3. The van der Waals surface area contributed by atoms with Crippen molar-refractivity contribution in [2.24, 2.45) is 0 Å². The number of nitrogens with one attached hydrogen (secondary N) is 1. The first-order chi connectivity index (χ1) is 7.20. The molecule has 0 fully saturated rings. The Hall–Kier alpha value is -1.47. The van der Waals surface area contributed by atoms with E-state index in [0.717, 1.165) is 5.69 Å². The van der Waals surface area contributed by atoms with E-state index in [2.05, 4.69) is 15.4 Å². The number of H-pyrrole nitrogens is 1. The van der Waals surface area contributed by atoms with Crippen LogP contribution in [0.5, 0.6) is 0 Å². The number of aryl methyl sites for hydroxylation is 1. The lowest BCUT2D eigenvalue weighted by Crippen LogP contribution is -2.04. The van der Waals surface area contributed by atoms with E-state index in [1.165, 1.54) is 0 Å². The summed E-state index contributed by atoms with van der Waals surface area (Å²) in [7, 11) is 0. The summed E-state index contributed by atoms with van der Waals surface area (Å²) in [6.07, 6.45) is 0. The fraction of sp³-hybridized carbons (Fsp3) is 0.375. The topological polar surface area (TPSA) is 79.9 Å². The maximum absolute atomic E-state index is 9.02. The molecule has 0 radical (unpaired) electrons. The highest BCUT2D eigenvalue weighted by Crippen LogP contribution is 2.07. The lowest BCUT2D eigenvalue weighted by molar-refractivity contribution is 0.263. The molecule has 80 valence electrons. The maximum Gasteiger partial charge on any atom is 0.195 e. The molecule has 0 bridgehead atoms. The van der Waals surface area contributed by atoms with Gasteiger partial charge in [-0.2, -0.15) is 5.10 Å². The fourth-order valence-corrected chi connectivity index (χ4v) is 1.50. The Balaban J connectivity index is 2.31. The minimum atomic E-state index is -0.166. The van der Waals surface area contributed by atoms with Crippen LogP contribution in [0.25, 0.3) is 0 Å². The first-order valence-electron chi connectivity index (χ1n) is 4.38. The molecule has 7 heteroatoms. The predicted octanol–water partition coefficient (Wildman–Crippen LogP) is 0.778. The summed E-state index contributed by atoms with van der Waals surface area (Å²) in [6, 6.07) is 1.82. The van der Waals surface area contributed by atoms with Crippen molar-refractivity contribution in [2.75, 3.05) is 0 Å². The van der Waals surface area contributed by atoms with Gasteiger partial charge in [-0.3, -0.25) is 9.67 Å². The number of nitrogens with zero attached hydrogens (tertiary/aromatic N) is 3. The zero-order chi connectivity index (χ0) is 10.8. The maximum atomic E-state index is 9.02. The van der Waals surface area contributed by atoms with Crippen LogP contribution in [0.2, 0.25) is 0 Å². The van der Waals surface area contributed by atoms with Crippen LogP contribution in [-0.2, 0) is 13.2 Å². The molecule has 2 rings (SSSR count). The van der Waals surface area contributed by atoms with Gasteiger partial charge in [-0.05, 0) is 19.1 Å². The highest BCUT2D eigenvalue weighted by molar-refractivity contribution is 7.71. The smallest absolute Gasteiger partial charge is 0.195 e.